The number of aromatic carboxylic acids is 1. The second kappa shape index (κ2) is 8.24. The molecule has 20 heavy (non-hydrogen) atoms. The van der Waals surface area contributed by atoms with Crippen molar-refractivity contribution < 1.29 is 27.5 Å². The molecule has 0 amide bonds. The molecule has 0 fully saturated rings. The predicted octanol–water partition coefficient (Wildman–Crippen LogP) is 5.18. The lowest BCUT2D eigenvalue weighted by Gasteiger charge is -2.20. The molecule has 1 rings (SSSR count). The quantitative estimate of drug-likeness (QED) is 0.581. The Bertz CT molecular complexity index is 405. The zero-order valence-electron chi connectivity index (χ0n) is 10.8. The maximum Gasteiger partial charge on any atom is 0.363 e. The molecule has 0 aromatic heterocycles. The number of unbranched alkanes of at least 4 members (excludes halogenated alkanes) is 1. The minimum Gasteiger partial charge on any atom is -0.478 e. The fourth-order valence-electron chi connectivity index (χ4n) is 1.12. The number of hydrogen-bond acceptors (Lipinski definition) is 1. The van der Waals surface area contributed by atoms with E-state index in [1.54, 1.807) is 53.2 Å². The number of carboxylic acids is 1. The fraction of sp³-hybridized carbons (Fsp3) is 0.462. The monoisotopic (exact) mass is 358 g/mol. The highest BCUT2D eigenvalue weighted by Gasteiger charge is 2.53. The standard InChI is InChI=1S/C7H6O2.C6H9BrF4/c8-7(9)6-4-2-1-3-5-6;1-2-3-4-5(8,9)6(7,10)11/h1-5H,(H,8,9);2-4H2,1H3. The van der Waals surface area contributed by atoms with E-state index in [-0.39, 0.29) is 6.42 Å². The predicted molar refractivity (Wildman–Crippen MR) is 71.7 cm³/mol. The Morgan fingerprint density at radius 1 is 1.20 bits per heavy atom. The van der Waals surface area contributed by atoms with Crippen LogP contribution in [-0.2, 0) is 0 Å². The van der Waals surface area contributed by atoms with E-state index < -0.39 is 23.1 Å². The van der Waals surface area contributed by atoms with Gasteiger partial charge in [0.1, 0.15) is 0 Å². The van der Waals surface area contributed by atoms with Gasteiger partial charge in [0, 0.05) is 6.42 Å². The van der Waals surface area contributed by atoms with E-state index in [1.165, 1.54) is 0 Å². The second-order valence-corrected chi connectivity index (χ2v) is 4.97. The van der Waals surface area contributed by atoms with Gasteiger partial charge in [-0.05, 0) is 34.5 Å². The molecule has 0 aliphatic rings. The third-order valence-electron chi connectivity index (χ3n) is 2.28. The summed E-state index contributed by atoms with van der Waals surface area (Å²) < 4.78 is 48.6. The van der Waals surface area contributed by atoms with Crippen molar-refractivity contribution in [3.63, 3.8) is 0 Å². The highest BCUT2D eigenvalue weighted by Crippen LogP contribution is 2.42. The zero-order chi connectivity index (χ0) is 15.8. The maximum absolute atomic E-state index is 12.3. The Kier molecular flexibility index (Phi) is 7.78. The molecule has 7 heteroatoms. The summed E-state index contributed by atoms with van der Waals surface area (Å²) in [6, 6.07) is 8.30. The van der Waals surface area contributed by atoms with Gasteiger partial charge in [-0.2, -0.15) is 17.6 Å². The minimum absolute atomic E-state index is 0.105. The highest BCUT2D eigenvalue weighted by atomic mass is 79.9. The average molecular weight is 359 g/mol. The lowest BCUT2D eigenvalue weighted by atomic mass is 10.1. The van der Waals surface area contributed by atoms with Crippen LogP contribution in [0, 0.1) is 0 Å². The summed E-state index contributed by atoms with van der Waals surface area (Å²) in [6.07, 6.45) is -0.186. The molecule has 2 nitrogen and oxygen atoms in total. The molecule has 1 aromatic carbocycles. The van der Waals surface area contributed by atoms with Crippen LogP contribution in [0.15, 0.2) is 30.3 Å². The number of carbonyl (C=O) groups is 1. The smallest absolute Gasteiger partial charge is 0.363 e. The Morgan fingerprint density at radius 2 is 1.70 bits per heavy atom. The van der Waals surface area contributed by atoms with Crippen molar-refractivity contribution in [2.24, 2.45) is 0 Å². The molecule has 0 unspecified atom stereocenters. The molecule has 114 valence electrons. The van der Waals surface area contributed by atoms with Gasteiger partial charge in [0.25, 0.3) is 0 Å². The maximum atomic E-state index is 12.3. The topological polar surface area (TPSA) is 37.3 Å². The van der Waals surface area contributed by atoms with Gasteiger partial charge >= 0.3 is 16.7 Å². The van der Waals surface area contributed by atoms with Gasteiger partial charge in [0.05, 0.1) is 5.56 Å². The number of halogens is 5. The normalized spacial score (nSPS) is 11.5. The van der Waals surface area contributed by atoms with Gasteiger partial charge in [0.2, 0.25) is 0 Å². The Labute approximate surface area is 122 Å². The van der Waals surface area contributed by atoms with Crippen LogP contribution in [0.3, 0.4) is 0 Å². The number of carboxylic acid groups (broad SMARTS) is 1. The molecule has 0 heterocycles. The van der Waals surface area contributed by atoms with Crippen molar-refractivity contribution in [3.8, 4) is 0 Å². The molecule has 1 aromatic rings. The molecule has 0 saturated carbocycles. The van der Waals surface area contributed by atoms with Crippen LogP contribution >= 0.6 is 15.9 Å². The van der Waals surface area contributed by atoms with Gasteiger partial charge in [0.15, 0.2) is 0 Å². The van der Waals surface area contributed by atoms with Gasteiger partial charge in [-0.25, -0.2) is 4.79 Å². The summed E-state index contributed by atoms with van der Waals surface area (Å²) in [5.41, 5.74) is 0.331. The van der Waals surface area contributed by atoms with Crippen molar-refractivity contribution in [3.05, 3.63) is 35.9 Å². The Morgan fingerprint density at radius 3 is 2.00 bits per heavy atom. The van der Waals surface area contributed by atoms with Crippen LogP contribution in [-0.4, -0.2) is 21.8 Å². The third-order valence-corrected chi connectivity index (χ3v) is 2.86. The first kappa shape index (κ1) is 18.9. The molecule has 0 bridgehead atoms. The molecular formula is C13H15BrF4O2. The van der Waals surface area contributed by atoms with Crippen molar-refractivity contribution in [1.29, 1.82) is 0 Å². The van der Waals surface area contributed by atoms with Gasteiger partial charge in [-0.3, -0.25) is 0 Å². The van der Waals surface area contributed by atoms with Crippen LogP contribution in [0.5, 0.6) is 0 Å². The van der Waals surface area contributed by atoms with Crippen LogP contribution < -0.4 is 0 Å². The number of benzene rings is 1. The SMILES string of the molecule is CCCCC(F)(F)C(F)(F)Br.O=C(O)c1ccccc1. The lowest BCUT2D eigenvalue weighted by molar-refractivity contribution is -0.151. The molecular weight excluding hydrogens is 344 g/mol. The van der Waals surface area contributed by atoms with Gasteiger partial charge < -0.3 is 5.11 Å². The number of alkyl halides is 5. The number of rotatable bonds is 5. The van der Waals surface area contributed by atoms with E-state index >= 15 is 0 Å². The van der Waals surface area contributed by atoms with Crippen molar-refractivity contribution in [1.82, 2.24) is 0 Å². The molecule has 0 spiro atoms. The van der Waals surface area contributed by atoms with Crippen molar-refractivity contribution >= 4 is 21.9 Å². The first-order chi connectivity index (χ1) is 9.12. The van der Waals surface area contributed by atoms with E-state index in [9.17, 15) is 22.4 Å². The van der Waals surface area contributed by atoms with E-state index in [2.05, 4.69) is 0 Å². The summed E-state index contributed by atoms with van der Waals surface area (Å²) in [5.74, 6) is -4.81. The third kappa shape index (κ3) is 6.88. The first-order valence-electron chi connectivity index (χ1n) is 5.84. The van der Waals surface area contributed by atoms with Crippen LogP contribution in [0.2, 0.25) is 0 Å². The van der Waals surface area contributed by atoms with Crippen molar-refractivity contribution in [2.75, 3.05) is 0 Å². The number of hydrogen-bond donors (Lipinski definition) is 1. The summed E-state index contributed by atoms with van der Waals surface area (Å²) in [4.78, 5) is 6.13. The summed E-state index contributed by atoms with van der Waals surface area (Å²) in [7, 11) is 0. The molecule has 1 N–H and O–H groups in total. The minimum atomic E-state index is -4.07. The average Bonchev–Trinajstić information content (AvgIpc) is 2.37. The van der Waals surface area contributed by atoms with E-state index in [4.69, 9.17) is 5.11 Å². The summed E-state index contributed by atoms with van der Waals surface area (Å²) in [6.45, 7) is 1.67. The van der Waals surface area contributed by atoms with Gasteiger partial charge in [-0.1, -0.05) is 31.5 Å². The largest absolute Gasteiger partial charge is 0.478 e. The van der Waals surface area contributed by atoms with E-state index in [0.29, 0.717) is 12.0 Å². The Balaban J connectivity index is 0.000000367. The summed E-state index contributed by atoms with van der Waals surface area (Å²) >= 11 is 1.65. The van der Waals surface area contributed by atoms with E-state index in [0.717, 1.165) is 0 Å². The van der Waals surface area contributed by atoms with Crippen LogP contribution in [0.1, 0.15) is 36.5 Å². The van der Waals surface area contributed by atoms with Gasteiger partial charge in [-0.15, -0.1) is 0 Å². The molecule has 0 aliphatic carbocycles. The van der Waals surface area contributed by atoms with E-state index in [1.807, 2.05) is 0 Å². The molecule has 0 atom stereocenters. The van der Waals surface area contributed by atoms with Crippen molar-refractivity contribution in [2.45, 2.75) is 36.9 Å². The van der Waals surface area contributed by atoms with Crippen LogP contribution in [0.4, 0.5) is 17.6 Å². The highest BCUT2D eigenvalue weighted by molar-refractivity contribution is 9.10. The fourth-order valence-corrected chi connectivity index (χ4v) is 1.32. The first-order valence-corrected chi connectivity index (χ1v) is 6.64. The summed E-state index contributed by atoms with van der Waals surface area (Å²) in [5, 5.41) is 8.38. The zero-order valence-corrected chi connectivity index (χ0v) is 12.3. The molecule has 0 aliphatic heterocycles. The Hall–Kier alpha value is -1.11. The molecule has 0 radical (unpaired) electrons. The molecule has 0 saturated heterocycles. The van der Waals surface area contributed by atoms with Crippen LogP contribution in [0.25, 0.3) is 0 Å². The second-order valence-electron chi connectivity index (χ2n) is 3.98. The lowest BCUT2D eigenvalue weighted by Crippen LogP contribution is -2.34.